The van der Waals surface area contributed by atoms with E-state index in [-0.39, 0.29) is 0 Å². The topological polar surface area (TPSA) is 3.24 Å². The molecular weight excluding hydrogens is 86.1 g/mol. The minimum atomic E-state index is 0.872. The molecular formula is C6H10N. The molecule has 0 spiro atoms. The molecule has 0 N–H and O–H groups in total. The number of hydrogen-bond donors (Lipinski definition) is 0. The number of rotatable bonds is 2. The van der Waals surface area contributed by atoms with E-state index >= 15 is 0 Å². The lowest BCUT2D eigenvalue weighted by Gasteiger charge is -2.03. The quantitative estimate of drug-likeness (QED) is 0.449. The van der Waals surface area contributed by atoms with Crippen molar-refractivity contribution in [1.82, 2.24) is 4.90 Å². The standard InChI is InChI=1S/C6H10N/c1-4-5-6-7(2)3/h1,5H,6H2,2-3H3. The SMILES string of the molecule is C#C[CH]CN(C)C. The maximum atomic E-state index is 4.94. The van der Waals surface area contributed by atoms with Gasteiger partial charge in [0.1, 0.15) is 0 Å². The summed E-state index contributed by atoms with van der Waals surface area (Å²) in [5, 5.41) is 0. The van der Waals surface area contributed by atoms with Gasteiger partial charge in [-0.05, 0) is 14.1 Å². The van der Waals surface area contributed by atoms with Crippen LogP contribution < -0.4 is 0 Å². The van der Waals surface area contributed by atoms with E-state index < -0.39 is 0 Å². The second kappa shape index (κ2) is 3.70. The first-order valence-electron chi connectivity index (χ1n) is 2.20. The maximum Gasteiger partial charge on any atom is 0.0477 e. The van der Waals surface area contributed by atoms with Crippen molar-refractivity contribution < 1.29 is 0 Å². The molecule has 0 amide bonds. The van der Waals surface area contributed by atoms with Crippen LogP contribution in [0.4, 0.5) is 0 Å². The molecule has 0 heterocycles. The zero-order chi connectivity index (χ0) is 5.70. The van der Waals surface area contributed by atoms with Crippen LogP contribution >= 0.6 is 0 Å². The van der Waals surface area contributed by atoms with E-state index in [1.165, 1.54) is 0 Å². The molecule has 1 heteroatoms. The fraction of sp³-hybridized carbons (Fsp3) is 0.500. The Morgan fingerprint density at radius 3 is 2.43 bits per heavy atom. The summed E-state index contributed by atoms with van der Waals surface area (Å²) in [7, 11) is 3.96. The molecule has 0 aliphatic carbocycles. The molecule has 39 valence electrons. The average molecular weight is 96.2 g/mol. The van der Waals surface area contributed by atoms with Crippen molar-refractivity contribution in [3.05, 3.63) is 6.42 Å². The second-order valence-electron chi connectivity index (χ2n) is 1.63. The Labute approximate surface area is 45.3 Å². The van der Waals surface area contributed by atoms with Crippen LogP contribution in [-0.4, -0.2) is 25.5 Å². The van der Waals surface area contributed by atoms with Crippen molar-refractivity contribution in [2.24, 2.45) is 0 Å². The zero-order valence-corrected chi connectivity index (χ0v) is 4.81. The van der Waals surface area contributed by atoms with Crippen LogP contribution in [0, 0.1) is 18.8 Å². The van der Waals surface area contributed by atoms with Gasteiger partial charge in [-0.15, -0.1) is 12.3 Å². The van der Waals surface area contributed by atoms with Crippen molar-refractivity contribution in [2.45, 2.75) is 0 Å². The Morgan fingerprint density at radius 1 is 1.71 bits per heavy atom. The number of hydrogen-bond acceptors (Lipinski definition) is 1. The number of terminal acetylenes is 1. The molecule has 0 bridgehead atoms. The molecule has 0 rings (SSSR count). The third kappa shape index (κ3) is 5.52. The molecule has 0 saturated heterocycles. The van der Waals surface area contributed by atoms with Gasteiger partial charge in [-0.25, -0.2) is 0 Å². The van der Waals surface area contributed by atoms with Crippen LogP contribution in [0.5, 0.6) is 0 Å². The van der Waals surface area contributed by atoms with Gasteiger partial charge in [0, 0.05) is 13.0 Å². The van der Waals surface area contributed by atoms with Gasteiger partial charge in [0.25, 0.3) is 0 Å². The van der Waals surface area contributed by atoms with Crippen LogP contribution in [0.15, 0.2) is 0 Å². The summed E-state index contributed by atoms with van der Waals surface area (Å²) >= 11 is 0. The fourth-order valence-electron chi connectivity index (χ4n) is 0.235. The molecule has 1 nitrogen and oxygen atoms in total. The average Bonchev–Trinajstić information content (AvgIpc) is 1.61. The van der Waals surface area contributed by atoms with Gasteiger partial charge < -0.3 is 4.90 Å². The molecule has 0 aromatic heterocycles. The first kappa shape index (κ1) is 6.52. The van der Waals surface area contributed by atoms with Gasteiger partial charge >= 0.3 is 0 Å². The number of nitrogens with zero attached hydrogens (tertiary/aromatic N) is 1. The Kier molecular flexibility index (Phi) is 3.45. The van der Waals surface area contributed by atoms with Crippen molar-refractivity contribution in [3.8, 4) is 12.3 Å². The van der Waals surface area contributed by atoms with E-state index in [1.54, 1.807) is 6.42 Å². The molecule has 0 aliphatic rings. The lowest BCUT2D eigenvalue weighted by molar-refractivity contribution is 0.448. The lowest BCUT2D eigenvalue weighted by Crippen LogP contribution is -2.12. The predicted molar refractivity (Wildman–Crippen MR) is 31.7 cm³/mol. The lowest BCUT2D eigenvalue weighted by atomic mass is 10.4. The summed E-state index contributed by atoms with van der Waals surface area (Å²) < 4.78 is 0. The maximum absolute atomic E-state index is 4.94. The monoisotopic (exact) mass is 96.1 g/mol. The predicted octanol–water partition coefficient (Wildman–Crippen LogP) is 0.385. The Hall–Kier alpha value is -0.480. The van der Waals surface area contributed by atoms with Crippen molar-refractivity contribution in [2.75, 3.05) is 20.6 Å². The van der Waals surface area contributed by atoms with Crippen LogP contribution in [-0.2, 0) is 0 Å². The molecule has 0 fully saturated rings. The summed E-state index contributed by atoms with van der Waals surface area (Å²) in [6.07, 6.45) is 6.72. The van der Waals surface area contributed by atoms with E-state index in [9.17, 15) is 0 Å². The van der Waals surface area contributed by atoms with E-state index in [0.717, 1.165) is 6.54 Å². The van der Waals surface area contributed by atoms with E-state index in [4.69, 9.17) is 6.42 Å². The van der Waals surface area contributed by atoms with Crippen molar-refractivity contribution in [1.29, 1.82) is 0 Å². The second-order valence-corrected chi connectivity index (χ2v) is 1.63. The molecule has 1 radical (unpaired) electrons. The summed E-state index contributed by atoms with van der Waals surface area (Å²) in [5.74, 6) is 2.43. The Balaban J connectivity index is 2.86. The molecule has 0 aliphatic heterocycles. The van der Waals surface area contributed by atoms with Gasteiger partial charge in [-0.1, -0.05) is 0 Å². The van der Waals surface area contributed by atoms with Gasteiger partial charge in [-0.2, -0.15) is 0 Å². The third-order valence-electron chi connectivity index (χ3n) is 0.574. The highest BCUT2D eigenvalue weighted by atomic mass is 15.0. The van der Waals surface area contributed by atoms with Crippen molar-refractivity contribution in [3.63, 3.8) is 0 Å². The molecule has 7 heavy (non-hydrogen) atoms. The van der Waals surface area contributed by atoms with Gasteiger partial charge in [0.15, 0.2) is 0 Å². The smallest absolute Gasteiger partial charge is 0.0477 e. The largest absolute Gasteiger partial charge is 0.308 e. The minimum absolute atomic E-state index is 0.872. The highest BCUT2D eigenvalue weighted by Gasteiger charge is 1.82. The first-order chi connectivity index (χ1) is 3.27. The first-order valence-corrected chi connectivity index (χ1v) is 2.20. The third-order valence-corrected chi connectivity index (χ3v) is 0.574. The highest BCUT2D eigenvalue weighted by Crippen LogP contribution is 1.75. The summed E-state index contributed by atoms with van der Waals surface area (Å²) in [5.41, 5.74) is 0. The molecule has 0 aromatic carbocycles. The highest BCUT2D eigenvalue weighted by molar-refractivity contribution is 5.01. The van der Waals surface area contributed by atoms with E-state index in [0.29, 0.717) is 0 Å². The van der Waals surface area contributed by atoms with E-state index in [2.05, 4.69) is 5.92 Å². The minimum Gasteiger partial charge on any atom is -0.308 e. The fourth-order valence-corrected chi connectivity index (χ4v) is 0.235. The van der Waals surface area contributed by atoms with Gasteiger partial charge in [0.2, 0.25) is 0 Å². The molecule has 0 atom stereocenters. The van der Waals surface area contributed by atoms with Crippen LogP contribution in [0.25, 0.3) is 0 Å². The van der Waals surface area contributed by atoms with Gasteiger partial charge in [-0.3, -0.25) is 0 Å². The van der Waals surface area contributed by atoms with Crippen LogP contribution in [0.3, 0.4) is 0 Å². The summed E-state index contributed by atoms with van der Waals surface area (Å²) in [4.78, 5) is 2.01. The van der Waals surface area contributed by atoms with Crippen LogP contribution in [0.2, 0.25) is 0 Å². The molecule has 0 saturated carbocycles. The molecule has 0 aromatic rings. The zero-order valence-electron chi connectivity index (χ0n) is 4.81. The Morgan fingerprint density at radius 2 is 2.29 bits per heavy atom. The van der Waals surface area contributed by atoms with Crippen molar-refractivity contribution >= 4 is 0 Å². The molecule has 0 unspecified atom stereocenters. The summed E-state index contributed by atoms with van der Waals surface area (Å²) in [6, 6.07) is 0. The normalized spacial score (nSPS) is 8.86. The van der Waals surface area contributed by atoms with Gasteiger partial charge in [0.05, 0.1) is 0 Å². The summed E-state index contributed by atoms with van der Waals surface area (Å²) in [6.45, 7) is 0.872. The van der Waals surface area contributed by atoms with E-state index in [1.807, 2.05) is 19.0 Å². The van der Waals surface area contributed by atoms with Crippen LogP contribution in [0.1, 0.15) is 0 Å². The Bertz CT molecular complexity index is 68.7.